The van der Waals surface area contributed by atoms with Gasteiger partial charge in [-0.05, 0) is 60.9 Å². The number of rotatable bonds is 5. The zero-order valence-corrected chi connectivity index (χ0v) is 20.4. The number of nitrogens with zero attached hydrogens (tertiary/aromatic N) is 3. The van der Waals surface area contributed by atoms with Crippen molar-refractivity contribution in [2.75, 3.05) is 19.6 Å². The monoisotopic (exact) mass is 511 g/mol. The highest BCUT2D eigenvalue weighted by Gasteiger charge is 2.37. The minimum absolute atomic E-state index is 0.193. The van der Waals surface area contributed by atoms with E-state index in [1.807, 2.05) is 35.0 Å². The minimum atomic E-state index is -0.455. The summed E-state index contributed by atoms with van der Waals surface area (Å²) in [7, 11) is 0. The van der Waals surface area contributed by atoms with Gasteiger partial charge in [-0.15, -0.1) is 0 Å². The molecule has 1 aromatic heterocycles. The van der Waals surface area contributed by atoms with Crippen molar-refractivity contribution in [1.29, 1.82) is 0 Å². The SMILES string of the molecule is O=C(CN1C(=O)S/C(=C\c2cn(Cc3ccc(F)cc3Cl)c3ccccc23)C1=O)N1CCCCC1. The molecule has 0 unspecified atom stereocenters. The van der Waals surface area contributed by atoms with E-state index in [0.29, 0.717) is 24.7 Å². The van der Waals surface area contributed by atoms with Crippen molar-refractivity contribution in [2.24, 2.45) is 0 Å². The van der Waals surface area contributed by atoms with Crippen molar-refractivity contribution >= 4 is 57.4 Å². The summed E-state index contributed by atoms with van der Waals surface area (Å²) in [4.78, 5) is 41.3. The van der Waals surface area contributed by atoms with Gasteiger partial charge in [0.2, 0.25) is 5.91 Å². The molecule has 3 amide bonds. The van der Waals surface area contributed by atoms with Crippen LogP contribution in [0.15, 0.2) is 53.6 Å². The second-order valence-corrected chi connectivity index (χ2v) is 10.1. The fourth-order valence-corrected chi connectivity index (χ4v) is 5.57. The number of carbonyl (C=O) groups is 3. The van der Waals surface area contributed by atoms with E-state index in [1.165, 1.54) is 12.1 Å². The Bertz CT molecular complexity index is 1360. The van der Waals surface area contributed by atoms with Crippen LogP contribution in [0.25, 0.3) is 17.0 Å². The van der Waals surface area contributed by atoms with Gasteiger partial charge in [0.1, 0.15) is 12.4 Å². The Balaban J connectivity index is 1.41. The number of hydrogen-bond donors (Lipinski definition) is 0. The normalized spacial score (nSPS) is 17.7. The van der Waals surface area contributed by atoms with Gasteiger partial charge >= 0.3 is 0 Å². The van der Waals surface area contributed by atoms with Gasteiger partial charge in [0.15, 0.2) is 0 Å². The second kappa shape index (κ2) is 9.87. The molecule has 0 radical (unpaired) electrons. The summed E-state index contributed by atoms with van der Waals surface area (Å²) in [5.41, 5.74) is 2.45. The average molecular weight is 512 g/mol. The molecular formula is C26H23ClFN3O3S. The number of halogens is 2. The van der Waals surface area contributed by atoms with Crippen molar-refractivity contribution < 1.29 is 18.8 Å². The molecule has 0 bridgehead atoms. The summed E-state index contributed by atoms with van der Waals surface area (Å²) in [6, 6.07) is 12.0. The lowest BCUT2D eigenvalue weighted by atomic mass is 10.1. The molecule has 0 aliphatic carbocycles. The number of fused-ring (bicyclic) bond motifs is 1. The number of imide groups is 1. The Morgan fingerprint density at radius 2 is 1.86 bits per heavy atom. The van der Waals surface area contributed by atoms with E-state index in [1.54, 1.807) is 17.0 Å². The standard InChI is InChI=1S/C26H23ClFN3O3S/c27-21-13-19(28)9-8-17(21)14-30-15-18(20-6-2-3-7-22(20)30)12-23-25(33)31(26(34)35-23)16-24(32)29-10-4-1-5-11-29/h2-3,6-9,12-13,15H,1,4-5,10-11,14,16H2/b23-12-. The van der Waals surface area contributed by atoms with E-state index >= 15 is 0 Å². The van der Waals surface area contributed by atoms with E-state index < -0.39 is 17.0 Å². The maximum Gasteiger partial charge on any atom is 0.294 e. The highest BCUT2D eigenvalue weighted by atomic mass is 35.5. The smallest absolute Gasteiger partial charge is 0.294 e. The van der Waals surface area contributed by atoms with Gasteiger partial charge in [-0.3, -0.25) is 19.3 Å². The number of piperidine rings is 1. The first-order chi connectivity index (χ1) is 16.9. The molecule has 0 spiro atoms. The Morgan fingerprint density at radius 1 is 1.09 bits per heavy atom. The third-order valence-corrected chi connectivity index (χ3v) is 7.60. The number of hydrogen-bond acceptors (Lipinski definition) is 4. The van der Waals surface area contributed by atoms with Gasteiger partial charge in [-0.1, -0.05) is 35.9 Å². The fourth-order valence-electron chi connectivity index (χ4n) is 4.51. The van der Waals surface area contributed by atoms with Crippen LogP contribution in [0.3, 0.4) is 0 Å². The van der Waals surface area contributed by atoms with Crippen LogP contribution in [0, 0.1) is 5.82 Å². The third kappa shape index (κ3) is 4.86. The van der Waals surface area contributed by atoms with Crippen LogP contribution in [-0.4, -0.2) is 51.1 Å². The van der Waals surface area contributed by atoms with E-state index in [4.69, 9.17) is 11.6 Å². The zero-order chi connectivity index (χ0) is 24.5. The molecule has 2 saturated heterocycles. The lowest BCUT2D eigenvalue weighted by Gasteiger charge is -2.27. The summed E-state index contributed by atoms with van der Waals surface area (Å²) < 4.78 is 15.4. The maximum atomic E-state index is 13.5. The molecule has 180 valence electrons. The van der Waals surface area contributed by atoms with Gasteiger partial charge in [-0.2, -0.15) is 0 Å². The average Bonchev–Trinajstić information content (AvgIpc) is 3.33. The van der Waals surface area contributed by atoms with E-state index in [9.17, 15) is 18.8 Å². The molecule has 2 aromatic carbocycles. The van der Waals surface area contributed by atoms with Crippen LogP contribution >= 0.6 is 23.4 Å². The molecule has 9 heteroatoms. The maximum absolute atomic E-state index is 13.5. The van der Waals surface area contributed by atoms with Gasteiger partial charge in [0.25, 0.3) is 11.1 Å². The molecule has 6 nitrogen and oxygen atoms in total. The van der Waals surface area contributed by atoms with Crippen LogP contribution in [0.2, 0.25) is 5.02 Å². The van der Waals surface area contributed by atoms with Gasteiger partial charge < -0.3 is 9.47 Å². The van der Waals surface area contributed by atoms with Crippen LogP contribution in [0.4, 0.5) is 9.18 Å². The van der Waals surface area contributed by atoms with Gasteiger partial charge in [0, 0.05) is 47.3 Å². The van der Waals surface area contributed by atoms with Crippen molar-refractivity contribution in [3.63, 3.8) is 0 Å². The molecule has 3 aromatic rings. The van der Waals surface area contributed by atoms with Crippen molar-refractivity contribution in [2.45, 2.75) is 25.8 Å². The van der Waals surface area contributed by atoms with Gasteiger partial charge in [0.05, 0.1) is 4.91 Å². The minimum Gasteiger partial charge on any atom is -0.342 e. The first-order valence-electron chi connectivity index (χ1n) is 11.5. The molecule has 3 heterocycles. The van der Waals surface area contributed by atoms with Crippen LogP contribution in [0.1, 0.15) is 30.4 Å². The summed E-state index contributed by atoms with van der Waals surface area (Å²) in [5.74, 6) is -1.05. The lowest BCUT2D eigenvalue weighted by Crippen LogP contribution is -2.44. The fraction of sp³-hybridized carbons (Fsp3) is 0.269. The molecular weight excluding hydrogens is 489 g/mol. The van der Waals surface area contributed by atoms with Crippen molar-refractivity contribution in [3.8, 4) is 0 Å². The van der Waals surface area contributed by atoms with Crippen molar-refractivity contribution in [1.82, 2.24) is 14.4 Å². The number of aromatic nitrogens is 1. The molecule has 35 heavy (non-hydrogen) atoms. The molecule has 2 fully saturated rings. The van der Waals surface area contributed by atoms with E-state index in [0.717, 1.165) is 58.0 Å². The van der Waals surface area contributed by atoms with Crippen molar-refractivity contribution in [3.05, 3.63) is 75.5 Å². The first-order valence-corrected chi connectivity index (χ1v) is 12.6. The molecule has 2 aliphatic heterocycles. The summed E-state index contributed by atoms with van der Waals surface area (Å²) in [6.07, 6.45) is 6.56. The Labute approximate surface area is 211 Å². The topological polar surface area (TPSA) is 62.6 Å². The Hall–Kier alpha value is -3.10. The quantitative estimate of drug-likeness (QED) is 0.422. The predicted molar refractivity (Wildman–Crippen MR) is 136 cm³/mol. The van der Waals surface area contributed by atoms with Crippen LogP contribution < -0.4 is 0 Å². The Morgan fingerprint density at radius 3 is 2.63 bits per heavy atom. The number of para-hydroxylation sites is 1. The largest absolute Gasteiger partial charge is 0.342 e. The second-order valence-electron chi connectivity index (χ2n) is 8.67. The molecule has 2 aliphatic rings. The molecule has 0 saturated carbocycles. The number of carbonyl (C=O) groups excluding carboxylic acids is 3. The van der Waals surface area contributed by atoms with E-state index in [2.05, 4.69) is 0 Å². The first kappa shape index (κ1) is 23.6. The lowest BCUT2D eigenvalue weighted by molar-refractivity contribution is -0.136. The van der Waals surface area contributed by atoms with E-state index in [-0.39, 0.29) is 17.4 Å². The summed E-state index contributed by atoms with van der Waals surface area (Å²) >= 11 is 7.08. The number of likely N-dealkylation sites (tertiary alicyclic amines) is 1. The summed E-state index contributed by atoms with van der Waals surface area (Å²) in [6.45, 7) is 1.52. The highest BCUT2D eigenvalue weighted by Crippen LogP contribution is 2.34. The molecule has 0 atom stereocenters. The van der Waals surface area contributed by atoms with Crippen LogP contribution in [-0.2, 0) is 16.1 Å². The van der Waals surface area contributed by atoms with Crippen LogP contribution in [0.5, 0.6) is 0 Å². The third-order valence-electron chi connectivity index (χ3n) is 6.34. The zero-order valence-electron chi connectivity index (χ0n) is 18.9. The molecule has 5 rings (SSSR count). The predicted octanol–water partition coefficient (Wildman–Crippen LogP) is 5.53. The highest BCUT2D eigenvalue weighted by molar-refractivity contribution is 8.18. The number of amides is 3. The molecule has 0 N–H and O–H groups in total. The van der Waals surface area contributed by atoms with Gasteiger partial charge in [-0.25, -0.2) is 4.39 Å². The number of benzene rings is 2. The number of thioether (sulfide) groups is 1. The summed E-state index contributed by atoms with van der Waals surface area (Å²) in [5, 5.41) is 0.805. The Kier molecular flexibility index (Phi) is 6.67.